The Morgan fingerprint density at radius 3 is 0.986 bits per heavy atom. The first-order valence-corrected chi connectivity index (χ1v) is 33.2. The summed E-state index contributed by atoms with van der Waals surface area (Å²) in [6, 6.07) is 0. The summed E-state index contributed by atoms with van der Waals surface area (Å²) in [5.74, 6) is -1.38. The Hall–Kier alpha value is -0.700. The molecule has 0 radical (unpaired) electrons. The number of phosphoric ester groups is 4. The number of hydrogen-bond acceptors (Lipinski definition) is 15. The minimum Gasteiger partial charge on any atom is -0.462 e. The van der Waals surface area contributed by atoms with Gasteiger partial charge in [-0.1, -0.05) is 206 Å². The average Bonchev–Trinajstić information content (AvgIpc) is 3.30. The fourth-order valence-electron chi connectivity index (χ4n) is 8.73. The SMILES string of the molecule is CCCCCCCCCCCCCCCCCCCC(=O)OC[C@H](COP(=O)(O)OC1[C@H](O)[C@H](OP(=O)(O)O)C(OP(=O)(O)O)[C@H](OP(=O)(O)O)[C@H]1O)OC(=O)CCCCCCCCCCCCCCCCC. The Labute approximate surface area is 434 Å². The molecule has 1 rings (SSSR count). The molecule has 1 fully saturated rings. The lowest BCUT2D eigenvalue weighted by Crippen LogP contribution is -2.65. The third kappa shape index (κ3) is 38.5. The Bertz CT molecular complexity index is 1590. The number of ether oxygens (including phenoxy) is 2. The van der Waals surface area contributed by atoms with Crippen LogP contribution in [0.1, 0.15) is 232 Å². The zero-order valence-electron chi connectivity index (χ0n) is 43.6. The normalized spacial score (nSPS) is 21.0. The van der Waals surface area contributed by atoms with Gasteiger partial charge in [0.05, 0.1) is 6.61 Å². The van der Waals surface area contributed by atoms with Gasteiger partial charge >= 0.3 is 43.2 Å². The molecule has 0 aliphatic heterocycles. The average molecular weight is 1140 g/mol. The first-order valence-electron chi connectivity index (χ1n) is 27.1. The summed E-state index contributed by atoms with van der Waals surface area (Å²) < 4.78 is 82.4. The maximum absolute atomic E-state index is 13.3. The number of hydrogen-bond donors (Lipinski definition) is 9. The second kappa shape index (κ2) is 40.5. The van der Waals surface area contributed by atoms with Crippen LogP contribution in [-0.2, 0) is 59.9 Å². The van der Waals surface area contributed by atoms with Gasteiger partial charge in [0, 0.05) is 12.8 Å². The molecule has 434 valence electrons. The van der Waals surface area contributed by atoms with Crippen molar-refractivity contribution in [2.45, 2.75) is 275 Å². The molecular weight excluding hydrogens is 1040 g/mol. The van der Waals surface area contributed by atoms with Gasteiger partial charge in [-0.3, -0.25) is 32.2 Å². The summed E-state index contributed by atoms with van der Waals surface area (Å²) in [7, 11) is -23.0. The summed E-state index contributed by atoms with van der Waals surface area (Å²) in [6.45, 7) is 2.81. The number of rotatable bonds is 48. The van der Waals surface area contributed by atoms with Gasteiger partial charge in [-0.15, -0.1) is 0 Å². The van der Waals surface area contributed by atoms with E-state index in [1.807, 2.05) is 0 Å². The molecule has 0 aromatic rings. The zero-order chi connectivity index (χ0) is 54.6. The third-order valence-corrected chi connectivity index (χ3v) is 15.2. The fraction of sp³-hybridized carbons (Fsp3) is 0.957. The number of carbonyl (C=O) groups excluding carboxylic acids is 2. The molecule has 0 amide bonds. The standard InChI is InChI=1S/C47H94O22P4/c1-3-5-7-9-11-13-15-17-19-20-22-23-25-27-29-31-33-35-40(48)63-37-39(65-41(49)36-34-32-30-28-26-24-21-18-16-14-12-10-8-6-4-2)38-64-73(61,62)69-44-42(50)45(66-70(52,53)54)47(68-72(58,59)60)46(43(44)51)67-71(55,56)57/h39,42-47,50-51H,3-38H2,1-2H3,(H,61,62)(H2,52,53,54)(H2,55,56,57)(H2,58,59,60)/t39-,42+,43+,44?,45-,46+,47?/m1/s1. The maximum atomic E-state index is 13.3. The second-order valence-corrected chi connectivity index (χ2v) is 24.4. The molecule has 0 aromatic carbocycles. The van der Waals surface area contributed by atoms with Crippen LogP contribution in [0.2, 0.25) is 0 Å². The molecular formula is C47H94O22P4. The van der Waals surface area contributed by atoms with Crippen LogP contribution in [-0.4, -0.2) is 112 Å². The number of unbranched alkanes of at least 4 members (excludes halogenated alkanes) is 30. The summed E-state index contributed by atoms with van der Waals surface area (Å²) >= 11 is 0. The van der Waals surface area contributed by atoms with E-state index in [4.69, 9.17) is 18.5 Å². The molecule has 73 heavy (non-hydrogen) atoms. The number of esters is 2. The van der Waals surface area contributed by atoms with E-state index in [0.29, 0.717) is 12.8 Å². The molecule has 1 aliphatic carbocycles. The van der Waals surface area contributed by atoms with Crippen molar-refractivity contribution in [3.8, 4) is 0 Å². The van der Waals surface area contributed by atoms with E-state index in [1.165, 1.54) is 135 Å². The highest BCUT2D eigenvalue weighted by atomic mass is 31.2. The molecule has 3 unspecified atom stereocenters. The van der Waals surface area contributed by atoms with E-state index >= 15 is 0 Å². The minimum atomic E-state index is -5.79. The first kappa shape index (κ1) is 70.3. The Balaban J connectivity index is 2.81. The van der Waals surface area contributed by atoms with E-state index in [0.717, 1.165) is 57.8 Å². The van der Waals surface area contributed by atoms with Crippen LogP contribution in [0.5, 0.6) is 0 Å². The van der Waals surface area contributed by atoms with Crippen molar-refractivity contribution in [1.82, 2.24) is 0 Å². The predicted octanol–water partition coefficient (Wildman–Crippen LogP) is 10.4. The van der Waals surface area contributed by atoms with E-state index in [9.17, 15) is 72.3 Å². The number of aliphatic hydroxyl groups excluding tert-OH is 2. The van der Waals surface area contributed by atoms with Gasteiger partial charge in [-0.25, -0.2) is 18.3 Å². The van der Waals surface area contributed by atoms with Crippen molar-refractivity contribution in [3.05, 3.63) is 0 Å². The highest BCUT2D eigenvalue weighted by Crippen LogP contribution is 2.53. The van der Waals surface area contributed by atoms with E-state index in [2.05, 4.69) is 27.4 Å². The maximum Gasteiger partial charge on any atom is 0.472 e. The number of aliphatic hydroxyl groups is 2. The lowest BCUT2D eigenvalue weighted by Gasteiger charge is -2.45. The quantitative estimate of drug-likeness (QED) is 0.0155. The van der Waals surface area contributed by atoms with Crippen LogP contribution < -0.4 is 0 Å². The monoisotopic (exact) mass is 1130 g/mol. The largest absolute Gasteiger partial charge is 0.472 e. The van der Waals surface area contributed by atoms with Crippen LogP contribution in [0.25, 0.3) is 0 Å². The highest BCUT2D eigenvalue weighted by molar-refractivity contribution is 7.47. The van der Waals surface area contributed by atoms with Crippen molar-refractivity contribution in [2.24, 2.45) is 0 Å². The molecule has 0 heterocycles. The Morgan fingerprint density at radius 2 is 0.671 bits per heavy atom. The van der Waals surface area contributed by atoms with Crippen molar-refractivity contribution in [2.75, 3.05) is 13.2 Å². The molecule has 8 atom stereocenters. The number of carbonyl (C=O) groups is 2. The highest BCUT2D eigenvalue weighted by Gasteiger charge is 2.59. The molecule has 9 N–H and O–H groups in total. The van der Waals surface area contributed by atoms with Crippen LogP contribution in [0, 0.1) is 0 Å². The fourth-order valence-corrected chi connectivity index (χ4v) is 11.4. The molecule has 22 nitrogen and oxygen atoms in total. The van der Waals surface area contributed by atoms with Crippen LogP contribution in [0.3, 0.4) is 0 Å². The third-order valence-electron chi connectivity index (χ3n) is 12.6. The zero-order valence-corrected chi connectivity index (χ0v) is 47.2. The van der Waals surface area contributed by atoms with E-state index in [-0.39, 0.29) is 12.8 Å². The Kier molecular flexibility index (Phi) is 39.0. The predicted molar refractivity (Wildman–Crippen MR) is 273 cm³/mol. The van der Waals surface area contributed by atoms with Gasteiger partial charge in [-0.05, 0) is 12.8 Å². The van der Waals surface area contributed by atoms with Gasteiger partial charge in [0.2, 0.25) is 0 Å². The minimum absolute atomic E-state index is 0.0424. The molecule has 0 aromatic heterocycles. The van der Waals surface area contributed by atoms with Gasteiger partial charge in [0.1, 0.15) is 43.2 Å². The Morgan fingerprint density at radius 1 is 0.384 bits per heavy atom. The van der Waals surface area contributed by atoms with Crippen LogP contribution in [0.4, 0.5) is 0 Å². The summed E-state index contributed by atoms with van der Waals surface area (Å²) in [5, 5.41) is 21.9. The van der Waals surface area contributed by atoms with Crippen LogP contribution >= 0.6 is 31.3 Å². The van der Waals surface area contributed by atoms with Crippen molar-refractivity contribution >= 4 is 43.2 Å². The molecule has 0 bridgehead atoms. The van der Waals surface area contributed by atoms with Gasteiger partial charge < -0.3 is 53.9 Å². The smallest absolute Gasteiger partial charge is 0.462 e. The molecule has 0 saturated heterocycles. The molecule has 1 saturated carbocycles. The van der Waals surface area contributed by atoms with Gasteiger partial charge in [-0.2, -0.15) is 0 Å². The lowest BCUT2D eigenvalue weighted by molar-refractivity contribution is -0.209. The van der Waals surface area contributed by atoms with E-state index in [1.54, 1.807) is 0 Å². The van der Waals surface area contributed by atoms with Crippen molar-refractivity contribution in [1.29, 1.82) is 0 Å². The van der Waals surface area contributed by atoms with Crippen LogP contribution in [0.15, 0.2) is 0 Å². The summed E-state index contributed by atoms with van der Waals surface area (Å²) in [4.78, 5) is 93.1. The second-order valence-electron chi connectivity index (χ2n) is 19.4. The van der Waals surface area contributed by atoms with E-state index < -0.39 is 99.2 Å². The summed E-state index contributed by atoms with van der Waals surface area (Å²) in [6.07, 6.45) is 18.6. The molecule has 1 aliphatic rings. The topological polar surface area (TPSA) is 349 Å². The molecule has 0 spiro atoms. The first-order chi connectivity index (χ1) is 34.5. The van der Waals surface area contributed by atoms with Gasteiger partial charge in [0.15, 0.2) is 6.10 Å². The lowest BCUT2D eigenvalue weighted by atomic mass is 9.85. The molecule has 26 heteroatoms. The van der Waals surface area contributed by atoms with Crippen molar-refractivity contribution < 1.29 is 104 Å². The van der Waals surface area contributed by atoms with Gasteiger partial charge in [0.25, 0.3) is 0 Å². The number of phosphoric acid groups is 4. The van der Waals surface area contributed by atoms with Crippen molar-refractivity contribution in [3.63, 3.8) is 0 Å². The summed E-state index contributed by atoms with van der Waals surface area (Å²) in [5.41, 5.74) is 0.